The summed E-state index contributed by atoms with van der Waals surface area (Å²) in [7, 11) is -3.58. The van der Waals surface area contributed by atoms with Crippen LogP contribution in [-0.4, -0.2) is 41.3 Å². The molecule has 4 rings (SSSR count). The molecule has 6 nitrogen and oxygen atoms in total. The number of hydrogen-bond acceptors (Lipinski definition) is 4. The average Bonchev–Trinajstić information content (AvgIpc) is 3.28. The second kappa shape index (κ2) is 7.62. The van der Waals surface area contributed by atoms with E-state index in [-0.39, 0.29) is 25.5 Å². The maximum absolute atomic E-state index is 14.6. The highest BCUT2D eigenvalue weighted by Gasteiger charge is 2.23. The van der Waals surface area contributed by atoms with Crippen molar-refractivity contribution in [1.82, 2.24) is 8.87 Å². The van der Waals surface area contributed by atoms with Gasteiger partial charge in [0.2, 0.25) is 10.0 Å². The van der Waals surface area contributed by atoms with Gasteiger partial charge in [0.05, 0.1) is 37.2 Å². The van der Waals surface area contributed by atoms with Gasteiger partial charge in [-0.3, -0.25) is 0 Å². The van der Waals surface area contributed by atoms with Crippen molar-refractivity contribution in [2.24, 2.45) is 0 Å². The molecule has 1 unspecified atom stereocenters. The Kier molecular flexibility index (Phi) is 5.16. The highest BCUT2D eigenvalue weighted by Crippen LogP contribution is 2.30. The molecule has 1 N–H and O–H groups in total. The van der Waals surface area contributed by atoms with Crippen LogP contribution in [0.3, 0.4) is 0 Å². The van der Waals surface area contributed by atoms with Crippen LogP contribution in [0.1, 0.15) is 5.76 Å². The summed E-state index contributed by atoms with van der Waals surface area (Å²) in [5, 5.41) is 12.3. The molecule has 0 amide bonds. The maximum atomic E-state index is 14.6. The van der Waals surface area contributed by atoms with E-state index in [4.69, 9.17) is 4.42 Å². The Morgan fingerprint density at radius 3 is 2.59 bits per heavy atom. The van der Waals surface area contributed by atoms with Gasteiger partial charge in [0.25, 0.3) is 0 Å². The normalized spacial score (nSPS) is 13.5. The van der Waals surface area contributed by atoms with Gasteiger partial charge in [-0.15, -0.1) is 0 Å². The van der Waals surface area contributed by atoms with Crippen molar-refractivity contribution in [2.75, 3.05) is 12.8 Å². The van der Waals surface area contributed by atoms with Gasteiger partial charge in [-0.05, 0) is 24.3 Å². The van der Waals surface area contributed by atoms with Crippen molar-refractivity contribution >= 4 is 31.8 Å². The first-order valence-corrected chi connectivity index (χ1v) is 11.0. The van der Waals surface area contributed by atoms with Crippen LogP contribution in [0.4, 0.5) is 4.39 Å². The predicted octanol–water partition coefficient (Wildman–Crippen LogP) is 3.35. The van der Waals surface area contributed by atoms with E-state index in [1.807, 2.05) is 30.3 Å². The Bertz CT molecular complexity index is 1250. The van der Waals surface area contributed by atoms with E-state index in [0.717, 1.165) is 26.9 Å². The SMILES string of the molecule is CS(=O)(=O)N(Cc1ccco1)CC(O)Cn1c2ccccc2c2cccc(F)c21. The Balaban J connectivity index is 1.67. The molecule has 0 saturated carbocycles. The molecule has 0 fully saturated rings. The molecular weight excluding hydrogens is 395 g/mol. The highest BCUT2D eigenvalue weighted by atomic mass is 32.2. The zero-order chi connectivity index (χ0) is 20.6. The monoisotopic (exact) mass is 416 g/mol. The Hall–Kier alpha value is -2.68. The second-order valence-corrected chi connectivity index (χ2v) is 9.03. The molecule has 8 heteroatoms. The molecule has 2 heterocycles. The molecule has 2 aromatic carbocycles. The summed E-state index contributed by atoms with van der Waals surface area (Å²) >= 11 is 0. The fourth-order valence-corrected chi connectivity index (χ4v) is 4.46. The maximum Gasteiger partial charge on any atom is 0.211 e. The number of rotatable bonds is 7. The molecular formula is C21H21FN2O4S. The molecule has 4 aromatic rings. The molecule has 0 radical (unpaired) electrons. The minimum atomic E-state index is -3.58. The fourth-order valence-electron chi connectivity index (χ4n) is 3.65. The summed E-state index contributed by atoms with van der Waals surface area (Å²) in [6.07, 6.45) is 1.51. The summed E-state index contributed by atoms with van der Waals surface area (Å²) in [6.45, 7) is -0.0679. The Labute approximate surface area is 167 Å². The number of nitrogens with zero attached hydrogens (tertiary/aromatic N) is 2. The number of aromatic nitrogens is 1. The number of para-hydroxylation sites is 2. The standard InChI is InChI=1S/C21H21FN2O4S/c1-29(26,27)23(14-16-6-5-11-28-16)12-15(25)13-24-20-10-3-2-7-17(20)18-8-4-9-19(22)21(18)24/h2-11,15,25H,12-14H2,1H3. The molecule has 0 aliphatic carbocycles. The van der Waals surface area contributed by atoms with Crippen LogP contribution >= 0.6 is 0 Å². The summed E-state index contributed by atoms with van der Waals surface area (Å²) < 4.78 is 47.1. The van der Waals surface area contributed by atoms with Crippen LogP contribution in [0, 0.1) is 5.82 Å². The first-order chi connectivity index (χ1) is 13.8. The molecule has 152 valence electrons. The number of aliphatic hydroxyl groups is 1. The van der Waals surface area contributed by atoms with Gasteiger partial charge < -0.3 is 14.1 Å². The molecule has 29 heavy (non-hydrogen) atoms. The fraction of sp³-hybridized carbons (Fsp3) is 0.238. The van der Waals surface area contributed by atoms with E-state index in [1.54, 1.807) is 22.8 Å². The molecule has 0 bridgehead atoms. The first kappa shape index (κ1) is 19.6. The largest absolute Gasteiger partial charge is 0.468 e. The molecule has 0 aliphatic rings. The van der Waals surface area contributed by atoms with E-state index < -0.39 is 16.1 Å². The topological polar surface area (TPSA) is 75.7 Å². The zero-order valence-electron chi connectivity index (χ0n) is 15.8. The quantitative estimate of drug-likeness (QED) is 0.501. The predicted molar refractivity (Wildman–Crippen MR) is 109 cm³/mol. The summed E-state index contributed by atoms with van der Waals surface area (Å²) in [4.78, 5) is 0. The van der Waals surface area contributed by atoms with Crippen LogP contribution in [0.2, 0.25) is 0 Å². The Morgan fingerprint density at radius 2 is 1.86 bits per heavy atom. The number of fused-ring (bicyclic) bond motifs is 3. The first-order valence-electron chi connectivity index (χ1n) is 9.15. The number of hydrogen-bond donors (Lipinski definition) is 1. The van der Waals surface area contributed by atoms with E-state index in [1.165, 1.54) is 12.3 Å². The number of aliphatic hydroxyl groups excluding tert-OH is 1. The van der Waals surface area contributed by atoms with Crippen LogP contribution in [-0.2, 0) is 23.1 Å². The van der Waals surface area contributed by atoms with E-state index in [9.17, 15) is 17.9 Å². The number of benzene rings is 2. The van der Waals surface area contributed by atoms with E-state index >= 15 is 0 Å². The molecule has 0 spiro atoms. The highest BCUT2D eigenvalue weighted by molar-refractivity contribution is 7.88. The van der Waals surface area contributed by atoms with Gasteiger partial charge in [-0.25, -0.2) is 12.8 Å². The van der Waals surface area contributed by atoms with Gasteiger partial charge in [0, 0.05) is 22.8 Å². The number of furan rings is 1. The summed E-state index contributed by atoms with van der Waals surface area (Å²) in [6, 6.07) is 15.7. The summed E-state index contributed by atoms with van der Waals surface area (Å²) in [5.74, 6) is 0.0898. The summed E-state index contributed by atoms with van der Waals surface area (Å²) in [5.41, 5.74) is 1.17. The van der Waals surface area contributed by atoms with Crippen LogP contribution in [0.5, 0.6) is 0 Å². The van der Waals surface area contributed by atoms with Crippen molar-refractivity contribution in [1.29, 1.82) is 0 Å². The zero-order valence-corrected chi connectivity index (χ0v) is 16.6. The minimum absolute atomic E-state index is 0.0183. The third-order valence-electron chi connectivity index (χ3n) is 4.93. The lowest BCUT2D eigenvalue weighted by Gasteiger charge is -2.23. The third kappa shape index (κ3) is 3.91. The molecule has 0 aliphatic heterocycles. The van der Waals surface area contributed by atoms with Gasteiger partial charge in [-0.1, -0.05) is 30.3 Å². The minimum Gasteiger partial charge on any atom is -0.468 e. The van der Waals surface area contributed by atoms with Gasteiger partial charge in [-0.2, -0.15) is 4.31 Å². The molecule has 1 atom stereocenters. The van der Waals surface area contributed by atoms with Crippen molar-refractivity contribution in [2.45, 2.75) is 19.2 Å². The number of halogens is 1. The average molecular weight is 416 g/mol. The lowest BCUT2D eigenvalue weighted by atomic mass is 10.1. The van der Waals surface area contributed by atoms with E-state index in [0.29, 0.717) is 11.3 Å². The van der Waals surface area contributed by atoms with Gasteiger partial charge >= 0.3 is 0 Å². The number of sulfonamides is 1. The van der Waals surface area contributed by atoms with Crippen molar-refractivity contribution < 1.29 is 22.3 Å². The lowest BCUT2D eigenvalue weighted by molar-refractivity contribution is 0.126. The second-order valence-electron chi connectivity index (χ2n) is 7.05. The van der Waals surface area contributed by atoms with Crippen LogP contribution < -0.4 is 0 Å². The van der Waals surface area contributed by atoms with E-state index in [2.05, 4.69) is 0 Å². The molecule has 2 aromatic heterocycles. The van der Waals surface area contributed by atoms with Gasteiger partial charge in [0.1, 0.15) is 11.6 Å². The van der Waals surface area contributed by atoms with Crippen LogP contribution in [0.15, 0.2) is 65.3 Å². The van der Waals surface area contributed by atoms with Crippen LogP contribution in [0.25, 0.3) is 21.8 Å². The third-order valence-corrected chi connectivity index (χ3v) is 6.15. The van der Waals surface area contributed by atoms with Gasteiger partial charge in [0.15, 0.2) is 0 Å². The van der Waals surface area contributed by atoms with Crippen molar-refractivity contribution in [3.8, 4) is 0 Å². The smallest absolute Gasteiger partial charge is 0.211 e. The lowest BCUT2D eigenvalue weighted by Crippen LogP contribution is -2.38. The molecule has 0 saturated heterocycles. The van der Waals surface area contributed by atoms with Crippen molar-refractivity contribution in [3.05, 3.63) is 72.4 Å². The van der Waals surface area contributed by atoms with Crippen molar-refractivity contribution in [3.63, 3.8) is 0 Å². The Morgan fingerprint density at radius 1 is 1.10 bits per heavy atom.